The van der Waals surface area contributed by atoms with Gasteiger partial charge in [-0.15, -0.1) is 0 Å². The first kappa shape index (κ1) is 18.6. The lowest BCUT2D eigenvalue weighted by molar-refractivity contribution is -0.153. The molecule has 20 heavy (non-hydrogen) atoms. The van der Waals surface area contributed by atoms with Crippen LogP contribution in [0.4, 0.5) is 4.79 Å². The Bertz CT molecular complexity index is 387. The number of hydrogen-bond donors (Lipinski definition) is 0. The van der Waals surface area contributed by atoms with Crippen LogP contribution in [0.3, 0.4) is 0 Å². The molecule has 9 heteroatoms. The van der Waals surface area contributed by atoms with E-state index in [2.05, 4.69) is 14.2 Å². The Labute approximate surface area is 117 Å². The SMILES string of the molecule is CCOC(=O)C(C(=O)OCC)P(=O)(OCC)C(=O)OC. The normalized spacial score (nSPS) is 13.4. The van der Waals surface area contributed by atoms with Crippen molar-refractivity contribution in [2.24, 2.45) is 0 Å². The van der Waals surface area contributed by atoms with Crippen LogP contribution < -0.4 is 0 Å². The van der Waals surface area contributed by atoms with Crippen molar-refractivity contribution in [3.05, 3.63) is 0 Å². The number of methoxy groups -OCH3 is 1. The molecular weight excluding hydrogens is 291 g/mol. The molecule has 0 aromatic heterocycles. The van der Waals surface area contributed by atoms with Crippen molar-refractivity contribution in [3.63, 3.8) is 0 Å². The summed E-state index contributed by atoms with van der Waals surface area (Å²) in [5.74, 6) is -2.29. The molecule has 0 radical (unpaired) electrons. The van der Waals surface area contributed by atoms with Gasteiger partial charge in [0.25, 0.3) is 0 Å². The summed E-state index contributed by atoms with van der Waals surface area (Å²) in [5.41, 5.74) is -3.26. The fourth-order valence-electron chi connectivity index (χ4n) is 1.37. The molecule has 0 saturated carbocycles. The maximum Gasteiger partial charge on any atom is 0.392 e. The molecule has 116 valence electrons. The molecule has 0 amide bonds. The second kappa shape index (κ2) is 8.71. The van der Waals surface area contributed by atoms with Crippen LogP contribution in [-0.2, 0) is 32.9 Å². The van der Waals surface area contributed by atoms with E-state index in [9.17, 15) is 18.9 Å². The Kier molecular flexibility index (Phi) is 8.10. The van der Waals surface area contributed by atoms with Crippen molar-refractivity contribution < 1.29 is 37.7 Å². The minimum atomic E-state index is -4.40. The number of rotatable bonds is 8. The summed E-state index contributed by atoms with van der Waals surface area (Å²) in [4.78, 5) is 35.3. The third-order valence-corrected chi connectivity index (χ3v) is 4.54. The van der Waals surface area contributed by atoms with Crippen LogP contribution in [0.1, 0.15) is 20.8 Å². The van der Waals surface area contributed by atoms with E-state index in [4.69, 9.17) is 4.52 Å². The van der Waals surface area contributed by atoms with E-state index in [0.29, 0.717) is 0 Å². The maximum atomic E-state index is 12.6. The predicted octanol–water partition coefficient (Wildman–Crippen LogP) is 1.56. The fraction of sp³-hybridized carbons (Fsp3) is 0.727. The third kappa shape index (κ3) is 4.31. The molecule has 1 unspecified atom stereocenters. The van der Waals surface area contributed by atoms with E-state index in [1.807, 2.05) is 0 Å². The van der Waals surface area contributed by atoms with E-state index < -0.39 is 30.7 Å². The minimum absolute atomic E-state index is 0.0535. The molecular formula is C11H19O8P. The average Bonchev–Trinajstić information content (AvgIpc) is 2.38. The molecule has 0 saturated heterocycles. The number of carbonyl (C=O) groups is 3. The number of esters is 2. The summed E-state index contributed by atoms with van der Waals surface area (Å²) in [7, 11) is -3.43. The van der Waals surface area contributed by atoms with Gasteiger partial charge in [-0.1, -0.05) is 0 Å². The Morgan fingerprint density at radius 2 is 1.40 bits per heavy atom. The molecule has 0 aromatic rings. The van der Waals surface area contributed by atoms with Gasteiger partial charge in [0.1, 0.15) is 0 Å². The zero-order valence-electron chi connectivity index (χ0n) is 11.9. The second-order valence-corrected chi connectivity index (χ2v) is 5.73. The molecule has 0 aromatic carbocycles. The molecule has 0 aliphatic rings. The lowest BCUT2D eigenvalue weighted by Crippen LogP contribution is -2.36. The lowest BCUT2D eigenvalue weighted by Gasteiger charge is -2.21. The Morgan fingerprint density at radius 1 is 0.950 bits per heavy atom. The first-order chi connectivity index (χ1) is 9.38. The third-order valence-electron chi connectivity index (χ3n) is 2.11. The largest absolute Gasteiger partial charge is 0.465 e. The number of carbonyl (C=O) groups excluding carboxylic acids is 3. The molecule has 8 nitrogen and oxygen atoms in total. The van der Waals surface area contributed by atoms with Gasteiger partial charge in [0.15, 0.2) is 0 Å². The topological polar surface area (TPSA) is 105 Å². The molecule has 0 heterocycles. The summed E-state index contributed by atoms with van der Waals surface area (Å²) in [6, 6.07) is 0. The molecule has 1 atom stereocenters. The minimum Gasteiger partial charge on any atom is -0.465 e. The number of ether oxygens (including phenoxy) is 3. The fourth-order valence-corrected chi connectivity index (χ4v) is 3.18. The van der Waals surface area contributed by atoms with E-state index in [1.165, 1.54) is 20.8 Å². The average molecular weight is 310 g/mol. The Morgan fingerprint density at radius 3 is 1.70 bits per heavy atom. The van der Waals surface area contributed by atoms with E-state index in [0.717, 1.165) is 7.11 Å². The highest BCUT2D eigenvalue weighted by Gasteiger charge is 2.53. The summed E-state index contributed by atoms with van der Waals surface area (Å²) < 4.78 is 31.1. The van der Waals surface area contributed by atoms with Crippen molar-refractivity contribution >= 4 is 25.0 Å². The molecule has 0 N–H and O–H groups in total. The van der Waals surface area contributed by atoms with Gasteiger partial charge in [0.2, 0.25) is 5.66 Å². The summed E-state index contributed by atoms with van der Waals surface area (Å²) in [5, 5.41) is 0. The molecule has 0 aliphatic carbocycles. The van der Waals surface area contributed by atoms with Crippen molar-refractivity contribution in [3.8, 4) is 0 Å². The summed E-state index contributed by atoms with van der Waals surface area (Å²) in [6.07, 6.45) is 0. The van der Waals surface area contributed by atoms with Crippen LogP contribution in [0.15, 0.2) is 0 Å². The lowest BCUT2D eigenvalue weighted by atomic mass is 10.4. The van der Waals surface area contributed by atoms with Crippen molar-refractivity contribution in [1.82, 2.24) is 0 Å². The Hall–Kier alpha value is -1.40. The van der Waals surface area contributed by atoms with Crippen molar-refractivity contribution in [2.75, 3.05) is 26.9 Å². The smallest absolute Gasteiger partial charge is 0.392 e. The Balaban J connectivity index is 5.64. The van der Waals surface area contributed by atoms with Gasteiger partial charge >= 0.3 is 25.0 Å². The van der Waals surface area contributed by atoms with Crippen LogP contribution >= 0.6 is 7.37 Å². The first-order valence-electron chi connectivity index (χ1n) is 6.04. The molecule has 0 aliphatic heterocycles. The standard InChI is InChI=1S/C11H19O8P/c1-5-17-9(12)8(10(13)18-6-2)20(15,19-7-3)11(14)16-4/h8H,5-7H2,1-4H3. The molecule has 0 rings (SSSR count). The van der Waals surface area contributed by atoms with Gasteiger partial charge in [-0.05, 0) is 20.8 Å². The summed E-state index contributed by atoms with van der Waals surface area (Å²) >= 11 is 0. The van der Waals surface area contributed by atoms with Gasteiger partial charge in [-0.25, -0.2) is 4.79 Å². The van der Waals surface area contributed by atoms with Crippen LogP contribution in [0, 0.1) is 0 Å². The zero-order valence-corrected chi connectivity index (χ0v) is 12.8. The maximum absolute atomic E-state index is 12.6. The van der Waals surface area contributed by atoms with Gasteiger partial charge in [0.05, 0.1) is 26.9 Å². The molecule has 0 bridgehead atoms. The van der Waals surface area contributed by atoms with Crippen molar-refractivity contribution in [1.29, 1.82) is 0 Å². The van der Waals surface area contributed by atoms with Crippen LogP contribution in [0.25, 0.3) is 0 Å². The highest BCUT2D eigenvalue weighted by molar-refractivity contribution is 7.77. The van der Waals surface area contributed by atoms with E-state index in [-0.39, 0.29) is 19.8 Å². The first-order valence-corrected chi connectivity index (χ1v) is 7.74. The van der Waals surface area contributed by atoms with E-state index in [1.54, 1.807) is 0 Å². The van der Waals surface area contributed by atoms with Gasteiger partial charge < -0.3 is 18.7 Å². The monoisotopic (exact) mass is 310 g/mol. The van der Waals surface area contributed by atoms with Crippen LogP contribution in [0.2, 0.25) is 0 Å². The highest BCUT2D eigenvalue weighted by atomic mass is 31.2. The van der Waals surface area contributed by atoms with Gasteiger partial charge in [0, 0.05) is 0 Å². The van der Waals surface area contributed by atoms with E-state index >= 15 is 0 Å². The quantitative estimate of drug-likeness (QED) is 0.288. The predicted molar refractivity (Wildman–Crippen MR) is 68.7 cm³/mol. The molecule has 0 fully saturated rings. The van der Waals surface area contributed by atoms with Gasteiger partial charge in [-0.3, -0.25) is 14.2 Å². The van der Waals surface area contributed by atoms with Crippen molar-refractivity contribution in [2.45, 2.75) is 26.4 Å². The van der Waals surface area contributed by atoms with Crippen LogP contribution in [0.5, 0.6) is 0 Å². The van der Waals surface area contributed by atoms with Crippen LogP contribution in [-0.4, -0.2) is 50.2 Å². The zero-order chi connectivity index (χ0) is 15.8. The molecule has 0 spiro atoms. The van der Waals surface area contributed by atoms with Gasteiger partial charge in [-0.2, -0.15) is 0 Å². The highest BCUT2D eigenvalue weighted by Crippen LogP contribution is 2.54. The second-order valence-electron chi connectivity index (χ2n) is 3.39. The summed E-state index contributed by atoms with van der Waals surface area (Å²) in [6.45, 7) is 4.21. The number of hydrogen-bond acceptors (Lipinski definition) is 8.